The van der Waals surface area contributed by atoms with Crippen LogP contribution in [0, 0.1) is 0 Å². The van der Waals surface area contributed by atoms with E-state index in [-0.39, 0.29) is 0 Å². The summed E-state index contributed by atoms with van der Waals surface area (Å²) in [6.45, 7) is 10.7. The Morgan fingerprint density at radius 1 is 1.33 bits per heavy atom. The first kappa shape index (κ1) is 9.18. The molecule has 0 saturated heterocycles. The van der Waals surface area contributed by atoms with Crippen LogP contribution in [-0.2, 0) is 0 Å². The molecule has 0 saturated carbocycles. The highest BCUT2D eigenvalue weighted by molar-refractivity contribution is 6.77. The predicted octanol–water partition coefficient (Wildman–Crippen LogP) is 1.93. The molecule has 0 rings (SSSR count). The van der Waals surface area contributed by atoms with Crippen LogP contribution in [0.3, 0.4) is 0 Å². The minimum atomic E-state index is -0.844. The van der Waals surface area contributed by atoms with Gasteiger partial charge in [-0.3, -0.25) is 0 Å². The second-order valence-corrected chi connectivity index (χ2v) is 9.54. The highest BCUT2D eigenvalue weighted by atomic mass is 28.3. The van der Waals surface area contributed by atoms with Crippen molar-refractivity contribution < 1.29 is 0 Å². The van der Waals surface area contributed by atoms with Crippen molar-refractivity contribution in [3.63, 3.8) is 0 Å². The molecule has 0 aliphatic heterocycles. The molecular formula is C7H19NSi. The van der Waals surface area contributed by atoms with E-state index < -0.39 is 8.07 Å². The molecule has 0 aromatic carbocycles. The zero-order valence-corrected chi connectivity index (χ0v) is 8.28. The lowest BCUT2D eigenvalue weighted by molar-refractivity contribution is 0.750. The van der Waals surface area contributed by atoms with E-state index in [1.165, 1.54) is 6.54 Å². The molecule has 0 radical (unpaired) electrons. The van der Waals surface area contributed by atoms with Crippen LogP contribution in [0.15, 0.2) is 0 Å². The molecule has 0 spiro atoms. The number of hydrogen-bond acceptors (Lipinski definition) is 1. The zero-order chi connectivity index (χ0) is 7.49. The van der Waals surface area contributed by atoms with E-state index in [0.717, 1.165) is 5.54 Å². The summed E-state index contributed by atoms with van der Waals surface area (Å²) >= 11 is 0. The Morgan fingerprint density at radius 2 is 1.78 bits per heavy atom. The molecule has 0 fully saturated rings. The Hall–Kier alpha value is 0.177. The summed E-state index contributed by atoms with van der Waals surface area (Å²) in [5, 5.41) is 3.21. The van der Waals surface area contributed by atoms with Crippen LogP contribution in [0.4, 0.5) is 0 Å². The summed E-state index contributed by atoms with van der Waals surface area (Å²) in [7, 11) is 1.18. The van der Waals surface area contributed by atoms with Gasteiger partial charge < -0.3 is 5.32 Å². The normalized spacial score (nSPS) is 15.7. The van der Waals surface area contributed by atoms with Gasteiger partial charge in [0.15, 0.2) is 0 Å². The van der Waals surface area contributed by atoms with E-state index >= 15 is 0 Å². The lowest BCUT2D eigenvalue weighted by Gasteiger charge is -2.24. The second kappa shape index (κ2) is 3.37. The molecular weight excluding hydrogens is 126 g/mol. The summed E-state index contributed by atoms with van der Waals surface area (Å²) in [5.41, 5.74) is 0.891. The summed E-state index contributed by atoms with van der Waals surface area (Å²) in [4.78, 5) is 0. The Labute approximate surface area is 59.9 Å². The fourth-order valence-corrected chi connectivity index (χ4v) is 1.43. The number of hydrogen-bond donors (Lipinski definition) is 1. The van der Waals surface area contributed by atoms with Crippen LogP contribution in [0.25, 0.3) is 0 Å². The minimum absolute atomic E-state index is 0.844. The SMILES string of the molecule is CNCC(C)[Si](C)(C)C. The van der Waals surface area contributed by atoms with Crippen LogP contribution in [0.2, 0.25) is 25.2 Å². The zero-order valence-electron chi connectivity index (χ0n) is 7.28. The van der Waals surface area contributed by atoms with Crippen LogP contribution >= 0.6 is 0 Å². The molecule has 0 amide bonds. The molecule has 0 heterocycles. The highest BCUT2D eigenvalue weighted by Gasteiger charge is 2.20. The van der Waals surface area contributed by atoms with Crippen molar-refractivity contribution in [3.8, 4) is 0 Å². The van der Waals surface area contributed by atoms with Crippen molar-refractivity contribution in [2.75, 3.05) is 13.6 Å². The summed E-state index contributed by atoms with van der Waals surface area (Å²) in [6.07, 6.45) is 0. The van der Waals surface area contributed by atoms with Gasteiger partial charge >= 0.3 is 0 Å². The van der Waals surface area contributed by atoms with Crippen LogP contribution in [-0.4, -0.2) is 21.7 Å². The molecule has 0 aromatic heterocycles. The Bertz CT molecular complexity index is 75.5. The number of rotatable bonds is 3. The van der Waals surface area contributed by atoms with Crippen molar-refractivity contribution in [2.24, 2.45) is 0 Å². The third-order valence-corrected chi connectivity index (χ3v) is 5.15. The van der Waals surface area contributed by atoms with Crippen molar-refractivity contribution >= 4 is 8.07 Å². The van der Waals surface area contributed by atoms with Gasteiger partial charge in [-0.25, -0.2) is 0 Å². The van der Waals surface area contributed by atoms with Crippen molar-refractivity contribution in [1.29, 1.82) is 0 Å². The Balaban J connectivity index is 3.59. The molecule has 2 heteroatoms. The smallest absolute Gasteiger partial charge is 0.0483 e. The van der Waals surface area contributed by atoms with Crippen LogP contribution in [0.5, 0.6) is 0 Å². The second-order valence-electron chi connectivity index (χ2n) is 3.82. The van der Waals surface area contributed by atoms with Crippen LogP contribution in [0.1, 0.15) is 6.92 Å². The van der Waals surface area contributed by atoms with Gasteiger partial charge in [-0.15, -0.1) is 0 Å². The average molecular weight is 145 g/mol. The number of nitrogens with one attached hydrogen (secondary N) is 1. The Morgan fingerprint density at radius 3 is 1.89 bits per heavy atom. The third-order valence-electron chi connectivity index (χ3n) is 1.99. The van der Waals surface area contributed by atoms with E-state index in [1.807, 2.05) is 7.05 Å². The maximum Gasteiger partial charge on any atom is 0.0483 e. The van der Waals surface area contributed by atoms with E-state index in [4.69, 9.17) is 0 Å². The molecule has 1 atom stereocenters. The van der Waals surface area contributed by atoms with Gasteiger partial charge in [0.2, 0.25) is 0 Å². The van der Waals surface area contributed by atoms with E-state index in [1.54, 1.807) is 0 Å². The van der Waals surface area contributed by atoms with E-state index in [0.29, 0.717) is 0 Å². The lowest BCUT2D eigenvalue weighted by atomic mass is 10.5. The molecule has 0 aliphatic rings. The summed E-state index contributed by atoms with van der Waals surface area (Å²) < 4.78 is 0. The van der Waals surface area contributed by atoms with Gasteiger partial charge in [0.25, 0.3) is 0 Å². The van der Waals surface area contributed by atoms with Crippen molar-refractivity contribution in [2.45, 2.75) is 32.1 Å². The summed E-state index contributed by atoms with van der Waals surface area (Å²) in [6, 6.07) is 0. The standard InChI is InChI=1S/C7H19NSi/c1-7(6-8-2)9(3,4)5/h7-8H,6H2,1-5H3. The van der Waals surface area contributed by atoms with Gasteiger partial charge in [0.05, 0.1) is 0 Å². The van der Waals surface area contributed by atoms with Gasteiger partial charge in [0, 0.05) is 8.07 Å². The highest BCUT2D eigenvalue weighted by Crippen LogP contribution is 2.18. The predicted molar refractivity (Wildman–Crippen MR) is 46.7 cm³/mol. The fraction of sp³-hybridized carbons (Fsp3) is 1.00. The van der Waals surface area contributed by atoms with Gasteiger partial charge in [-0.05, 0) is 19.1 Å². The quantitative estimate of drug-likeness (QED) is 0.598. The molecule has 0 aromatic rings. The molecule has 1 unspecified atom stereocenters. The van der Waals surface area contributed by atoms with Gasteiger partial charge in [-0.2, -0.15) is 0 Å². The largest absolute Gasteiger partial charge is 0.320 e. The summed E-state index contributed by atoms with van der Waals surface area (Å²) in [5.74, 6) is 0. The monoisotopic (exact) mass is 145 g/mol. The van der Waals surface area contributed by atoms with E-state index in [9.17, 15) is 0 Å². The van der Waals surface area contributed by atoms with Crippen molar-refractivity contribution in [3.05, 3.63) is 0 Å². The molecule has 0 bridgehead atoms. The van der Waals surface area contributed by atoms with Crippen molar-refractivity contribution in [1.82, 2.24) is 5.32 Å². The van der Waals surface area contributed by atoms with Gasteiger partial charge in [-0.1, -0.05) is 26.6 Å². The maximum absolute atomic E-state index is 3.21. The first-order valence-electron chi connectivity index (χ1n) is 3.63. The molecule has 9 heavy (non-hydrogen) atoms. The maximum atomic E-state index is 3.21. The first-order valence-corrected chi connectivity index (χ1v) is 7.21. The average Bonchev–Trinajstić information content (AvgIpc) is 1.64. The molecule has 1 N–H and O–H groups in total. The Kier molecular flexibility index (Phi) is 3.44. The molecule has 0 aliphatic carbocycles. The lowest BCUT2D eigenvalue weighted by Crippen LogP contribution is -2.32. The van der Waals surface area contributed by atoms with E-state index in [2.05, 4.69) is 31.9 Å². The van der Waals surface area contributed by atoms with Crippen LogP contribution < -0.4 is 5.32 Å². The molecule has 1 nitrogen and oxygen atoms in total. The first-order chi connectivity index (χ1) is 3.98. The topological polar surface area (TPSA) is 12.0 Å². The molecule has 56 valence electrons. The van der Waals surface area contributed by atoms with Gasteiger partial charge in [0.1, 0.15) is 0 Å². The fourth-order valence-electron chi connectivity index (χ4n) is 0.612. The third kappa shape index (κ3) is 3.70. The minimum Gasteiger partial charge on any atom is -0.320 e.